The van der Waals surface area contributed by atoms with E-state index < -0.39 is 0 Å². The fraction of sp³-hybridized carbons (Fsp3) is 0.714. The third kappa shape index (κ3) is 1.59. The van der Waals surface area contributed by atoms with Crippen LogP contribution in [-0.4, -0.2) is 26.4 Å². The molecule has 1 aliphatic rings. The minimum atomic E-state index is 0.199. The smallest absolute Gasteiger partial charge is 0.0911 e. The van der Waals surface area contributed by atoms with Gasteiger partial charge in [-0.1, -0.05) is 15.9 Å². The minimum absolute atomic E-state index is 0.199. The first-order valence-electron chi connectivity index (χ1n) is 3.20. The molecule has 0 aromatic heterocycles. The average Bonchev–Trinajstić information content (AvgIpc) is 2.30. The van der Waals surface area contributed by atoms with E-state index in [1.165, 1.54) is 0 Å². The second-order valence-electron chi connectivity index (χ2n) is 2.29. The van der Waals surface area contributed by atoms with Crippen molar-refractivity contribution in [2.24, 2.45) is 0 Å². The van der Waals surface area contributed by atoms with Gasteiger partial charge < -0.3 is 9.47 Å². The van der Waals surface area contributed by atoms with Crippen molar-refractivity contribution in [3.63, 3.8) is 0 Å². The van der Waals surface area contributed by atoms with Crippen LogP contribution >= 0.6 is 15.9 Å². The molecule has 0 saturated carbocycles. The average molecular weight is 207 g/mol. The molecule has 10 heavy (non-hydrogen) atoms. The fourth-order valence-electron chi connectivity index (χ4n) is 1.05. The van der Waals surface area contributed by atoms with E-state index in [2.05, 4.69) is 15.9 Å². The predicted octanol–water partition coefficient (Wildman–Crippen LogP) is 1.70. The van der Waals surface area contributed by atoms with Crippen molar-refractivity contribution in [2.45, 2.75) is 18.6 Å². The van der Waals surface area contributed by atoms with E-state index in [0.29, 0.717) is 0 Å². The first-order chi connectivity index (χ1) is 4.77. The molecule has 0 spiro atoms. The van der Waals surface area contributed by atoms with Crippen LogP contribution in [-0.2, 0) is 9.47 Å². The molecule has 2 nitrogen and oxygen atoms in total. The van der Waals surface area contributed by atoms with Gasteiger partial charge in [-0.15, -0.1) is 0 Å². The summed E-state index contributed by atoms with van der Waals surface area (Å²) in [6, 6.07) is 0. The lowest BCUT2D eigenvalue weighted by molar-refractivity contribution is 0.0798. The summed E-state index contributed by atoms with van der Waals surface area (Å²) in [7, 11) is 3.41. The fourth-order valence-corrected chi connectivity index (χ4v) is 1.72. The zero-order valence-electron chi connectivity index (χ0n) is 6.13. The summed E-state index contributed by atoms with van der Waals surface area (Å²) in [6.07, 6.45) is 3.38. The second kappa shape index (κ2) is 3.51. The Morgan fingerprint density at radius 1 is 1.50 bits per heavy atom. The van der Waals surface area contributed by atoms with Gasteiger partial charge in [0.15, 0.2) is 0 Å². The van der Waals surface area contributed by atoms with Crippen LogP contribution in [0.5, 0.6) is 0 Å². The summed E-state index contributed by atoms with van der Waals surface area (Å²) in [5.41, 5.74) is 0. The molecular weight excluding hydrogens is 196 g/mol. The van der Waals surface area contributed by atoms with E-state index in [1.54, 1.807) is 14.2 Å². The quantitative estimate of drug-likeness (QED) is 0.686. The van der Waals surface area contributed by atoms with Crippen LogP contribution in [0.25, 0.3) is 0 Å². The molecule has 0 amide bonds. The molecular formula is C7H11BrO2. The molecule has 0 aromatic carbocycles. The Bertz CT molecular complexity index is 145. The molecule has 0 fully saturated rings. The normalized spacial score (nSPS) is 32.5. The van der Waals surface area contributed by atoms with Gasteiger partial charge in [0.05, 0.1) is 12.2 Å². The van der Waals surface area contributed by atoms with Gasteiger partial charge in [-0.2, -0.15) is 0 Å². The van der Waals surface area contributed by atoms with Gasteiger partial charge in [-0.05, 0) is 6.08 Å². The van der Waals surface area contributed by atoms with E-state index in [9.17, 15) is 0 Å². The number of methoxy groups -OCH3 is 2. The van der Waals surface area contributed by atoms with Gasteiger partial charge in [0.1, 0.15) is 0 Å². The van der Waals surface area contributed by atoms with Gasteiger partial charge in [-0.25, -0.2) is 0 Å². The molecule has 0 N–H and O–H groups in total. The molecule has 0 aromatic rings. The van der Waals surface area contributed by atoms with Crippen molar-refractivity contribution in [2.75, 3.05) is 14.2 Å². The molecule has 0 unspecified atom stereocenters. The lowest BCUT2D eigenvalue weighted by Gasteiger charge is -2.09. The third-order valence-corrected chi connectivity index (χ3v) is 2.46. The Balaban J connectivity index is 2.50. The summed E-state index contributed by atoms with van der Waals surface area (Å²) in [5, 5.41) is 0. The van der Waals surface area contributed by atoms with Crippen LogP contribution in [0.15, 0.2) is 10.6 Å². The summed E-state index contributed by atoms with van der Waals surface area (Å²) in [6.45, 7) is 0. The second-order valence-corrected chi connectivity index (χ2v) is 3.20. The highest BCUT2D eigenvalue weighted by molar-refractivity contribution is 9.11. The lowest BCUT2D eigenvalue weighted by atomic mass is 10.3. The predicted molar refractivity (Wildman–Crippen MR) is 43.2 cm³/mol. The first-order valence-corrected chi connectivity index (χ1v) is 4.00. The highest BCUT2D eigenvalue weighted by Gasteiger charge is 2.23. The van der Waals surface area contributed by atoms with Crippen LogP contribution in [0, 0.1) is 0 Å². The molecule has 58 valence electrons. The van der Waals surface area contributed by atoms with E-state index in [4.69, 9.17) is 9.47 Å². The van der Waals surface area contributed by atoms with Crippen molar-refractivity contribution in [1.29, 1.82) is 0 Å². The third-order valence-electron chi connectivity index (χ3n) is 1.69. The van der Waals surface area contributed by atoms with Gasteiger partial charge in [0.25, 0.3) is 0 Å². The molecule has 3 heteroatoms. The van der Waals surface area contributed by atoms with E-state index in [-0.39, 0.29) is 12.2 Å². The summed E-state index contributed by atoms with van der Waals surface area (Å²) in [5.74, 6) is 0. The van der Waals surface area contributed by atoms with Crippen LogP contribution in [0.3, 0.4) is 0 Å². The first kappa shape index (κ1) is 8.24. The summed E-state index contributed by atoms with van der Waals surface area (Å²) >= 11 is 3.40. The zero-order chi connectivity index (χ0) is 7.56. The zero-order valence-corrected chi connectivity index (χ0v) is 7.72. The minimum Gasteiger partial charge on any atom is -0.377 e. The number of halogens is 1. The Morgan fingerprint density at radius 2 is 2.20 bits per heavy atom. The Labute approximate surface area is 69.3 Å². The van der Waals surface area contributed by atoms with Crippen LogP contribution in [0.2, 0.25) is 0 Å². The molecule has 0 bridgehead atoms. The molecule has 0 saturated heterocycles. The number of hydrogen-bond acceptors (Lipinski definition) is 2. The van der Waals surface area contributed by atoms with E-state index >= 15 is 0 Å². The van der Waals surface area contributed by atoms with Crippen molar-refractivity contribution in [3.8, 4) is 0 Å². The highest BCUT2D eigenvalue weighted by Crippen LogP contribution is 2.27. The van der Waals surface area contributed by atoms with Crippen molar-refractivity contribution >= 4 is 15.9 Å². The maximum absolute atomic E-state index is 5.16. The van der Waals surface area contributed by atoms with Crippen LogP contribution < -0.4 is 0 Å². The number of rotatable bonds is 2. The molecule has 1 rings (SSSR count). The van der Waals surface area contributed by atoms with Gasteiger partial charge >= 0.3 is 0 Å². The standard InChI is InChI=1S/C7H11BrO2/c1-9-5-3-6(8)7(4-5)10-2/h3,5,7H,4H2,1-2H3/t5-,7-/m1/s1. The summed E-state index contributed by atoms with van der Waals surface area (Å²) in [4.78, 5) is 0. The highest BCUT2D eigenvalue weighted by atomic mass is 79.9. The lowest BCUT2D eigenvalue weighted by Crippen LogP contribution is -2.11. The van der Waals surface area contributed by atoms with Crippen LogP contribution in [0.4, 0.5) is 0 Å². The van der Waals surface area contributed by atoms with E-state index in [0.717, 1.165) is 10.9 Å². The Morgan fingerprint density at radius 3 is 2.50 bits per heavy atom. The molecule has 0 heterocycles. The number of hydrogen-bond donors (Lipinski definition) is 0. The molecule has 1 aliphatic carbocycles. The molecule has 0 radical (unpaired) electrons. The topological polar surface area (TPSA) is 18.5 Å². The Hall–Kier alpha value is 0.140. The van der Waals surface area contributed by atoms with Crippen molar-refractivity contribution in [3.05, 3.63) is 10.6 Å². The van der Waals surface area contributed by atoms with Crippen molar-refractivity contribution in [1.82, 2.24) is 0 Å². The maximum atomic E-state index is 5.16. The number of ether oxygens (including phenoxy) is 2. The Kier molecular flexibility index (Phi) is 2.89. The SMILES string of the molecule is CO[C@@H]1C=C(Br)[C@H](OC)C1. The van der Waals surface area contributed by atoms with Gasteiger partial charge in [0, 0.05) is 25.1 Å². The van der Waals surface area contributed by atoms with Crippen molar-refractivity contribution < 1.29 is 9.47 Å². The summed E-state index contributed by atoms with van der Waals surface area (Å²) < 4.78 is 11.4. The largest absolute Gasteiger partial charge is 0.377 e. The van der Waals surface area contributed by atoms with Gasteiger partial charge in [0.2, 0.25) is 0 Å². The van der Waals surface area contributed by atoms with E-state index in [1.807, 2.05) is 6.08 Å². The monoisotopic (exact) mass is 206 g/mol. The molecule has 0 aliphatic heterocycles. The maximum Gasteiger partial charge on any atom is 0.0911 e. The van der Waals surface area contributed by atoms with Crippen LogP contribution in [0.1, 0.15) is 6.42 Å². The van der Waals surface area contributed by atoms with Gasteiger partial charge in [-0.3, -0.25) is 0 Å². The molecule has 2 atom stereocenters.